The average molecular weight is 417 g/mol. The Morgan fingerprint density at radius 1 is 1.14 bits per heavy atom. The minimum absolute atomic E-state index is 0.153. The number of sulfonamides is 1. The van der Waals surface area contributed by atoms with E-state index < -0.39 is 10.0 Å². The van der Waals surface area contributed by atoms with Crippen molar-refractivity contribution in [3.05, 3.63) is 70.0 Å². The number of aromatic nitrogens is 2. The van der Waals surface area contributed by atoms with Crippen LogP contribution in [0.2, 0.25) is 0 Å². The van der Waals surface area contributed by atoms with Gasteiger partial charge in [-0.3, -0.25) is 14.5 Å². The maximum atomic E-state index is 12.7. The molecule has 0 aliphatic rings. The number of amides is 1. The van der Waals surface area contributed by atoms with Crippen molar-refractivity contribution in [2.45, 2.75) is 32.2 Å². The third kappa shape index (κ3) is 4.55. The Morgan fingerprint density at radius 2 is 1.93 bits per heavy atom. The summed E-state index contributed by atoms with van der Waals surface area (Å²) < 4.78 is 27.8. The molecule has 0 radical (unpaired) electrons. The fourth-order valence-electron chi connectivity index (χ4n) is 2.68. The molecule has 0 fully saturated rings. The standard InChI is InChI=1S/C19H20N4O3S2/c1-12-7-8-16(13(2)10-12)28(25,26)23-19-22-14(3)17(27-19)18(24)21-11-15-6-4-5-9-20-15/h4-10H,11H2,1-3H3,(H,21,24)(H,22,23). The summed E-state index contributed by atoms with van der Waals surface area (Å²) in [6.45, 7) is 5.59. The van der Waals surface area contributed by atoms with Crippen molar-refractivity contribution in [2.75, 3.05) is 4.72 Å². The summed E-state index contributed by atoms with van der Waals surface area (Å²) in [4.78, 5) is 21.3. The van der Waals surface area contributed by atoms with Gasteiger partial charge in [0.05, 0.1) is 22.8 Å². The first-order chi connectivity index (χ1) is 13.3. The van der Waals surface area contributed by atoms with Crippen LogP contribution in [0.15, 0.2) is 47.5 Å². The van der Waals surface area contributed by atoms with Crippen LogP contribution in [0.4, 0.5) is 5.13 Å². The highest BCUT2D eigenvalue weighted by Gasteiger charge is 2.21. The number of aryl methyl sites for hydroxylation is 3. The maximum Gasteiger partial charge on any atom is 0.263 e. The van der Waals surface area contributed by atoms with E-state index >= 15 is 0 Å². The minimum atomic E-state index is -3.79. The van der Waals surface area contributed by atoms with Gasteiger partial charge < -0.3 is 5.32 Å². The Kier molecular flexibility index (Phi) is 5.76. The number of thiazole rings is 1. The number of pyridine rings is 1. The van der Waals surface area contributed by atoms with E-state index in [-0.39, 0.29) is 22.5 Å². The summed E-state index contributed by atoms with van der Waals surface area (Å²) in [7, 11) is -3.79. The monoisotopic (exact) mass is 416 g/mol. The normalized spacial score (nSPS) is 11.2. The topological polar surface area (TPSA) is 101 Å². The van der Waals surface area contributed by atoms with Gasteiger partial charge in [-0.05, 0) is 44.5 Å². The van der Waals surface area contributed by atoms with Crippen molar-refractivity contribution >= 4 is 32.4 Å². The number of carbonyl (C=O) groups excluding carboxylic acids is 1. The second-order valence-electron chi connectivity index (χ2n) is 6.31. The number of hydrogen-bond acceptors (Lipinski definition) is 6. The molecule has 2 aromatic heterocycles. The summed E-state index contributed by atoms with van der Waals surface area (Å²) in [5, 5.41) is 2.92. The van der Waals surface area contributed by atoms with Crippen molar-refractivity contribution in [3.8, 4) is 0 Å². The molecule has 0 atom stereocenters. The van der Waals surface area contributed by atoms with Crippen LogP contribution < -0.4 is 10.0 Å². The summed E-state index contributed by atoms with van der Waals surface area (Å²) in [5.74, 6) is -0.322. The number of rotatable bonds is 6. The highest BCUT2D eigenvalue weighted by molar-refractivity contribution is 7.93. The van der Waals surface area contributed by atoms with E-state index in [4.69, 9.17) is 0 Å². The summed E-state index contributed by atoms with van der Waals surface area (Å²) in [6, 6.07) is 10.6. The largest absolute Gasteiger partial charge is 0.346 e. The Bertz CT molecular complexity index is 1110. The highest BCUT2D eigenvalue weighted by Crippen LogP contribution is 2.26. The molecule has 28 heavy (non-hydrogen) atoms. The maximum absolute atomic E-state index is 12.7. The van der Waals surface area contributed by atoms with Gasteiger partial charge >= 0.3 is 0 Å². The SMILES string of the molecule is Cc1ccc(S(=O)(=O)Nc2nc(C)c(C(=O)NCc3ccccn3)s2)c(C)c1. The van der Waals surface area contributed by atoms with E-state index in [2.05, 4.69) is 20.0 Å². The van der Waals surface area contributed by atoms with Crippen LogP contribution in [0.1, 0.15) is 32.2 Å². The van der Waals surface area contributed by atoms with Crippen LogP contribution >= 0.6 is 11.3 Å². The minimum Gasteiger partial charge on any atom is -0.346 e. The van der Waals surface area contributed by atoms with E-state index in [0.29, 0.717) is 16.1 Å². The second-order valence-corrected chi connectivity index (χ2v) is 8.96. The first-order valence-electron chi connectivity index (χ1n) is 8.52. The fraction of sp³-hybridized carbons (Fsp3) is 0.211. The average Bonchev–Trinajstić information content (AvgIpc) is 2.99. The zero-order valence-corrected chi connectivity index (χ0v) is 17.3. The molecule has 7 nitrogen and oxygen atoms in total. The van der Waals surface area contributed by atoms with Crippen molar-refractivity contribution in [2.24, 2.45) is 0 Å². The number of nitrogens with one attached hydrogen (secondary N) is 2. The van der Waals surface area contributed by atoms with Gasteiger partial charge in [-0.2, -0.15) is 0 Å². The number of benzene rings is 1. The molecule has 0 saturated heterocycles. The number of nitrogens with zero attached hydrogens (tertiary/aromatic N) is 2. The lowest BCUT2D eigenvalue weighted by Crippen LogP contribution is -2.23. The van der Waals surface area contributed by atoms with Gasteiger partial charge in [0.25, 0.3) is 15.9 Å². The molecule has 0 aliphatic heterocycles. The Morgan fingerprint density at radius 3 is 2.61 bits per heavy atom. The number of hydrogen-bond donors (Lipinski definition) is 2. The highest BCUT2D eigenvalue weighted by atomic mass is 32.2. The Balaban J connectivity index is 1.75. The van der Waals surface area contributed by atoms with Gasteiger partial charge in [0.1, 0.15) is 4.88 Å². The molecule has 2 heterocycles. The lowest BCUT2D eigenvalue weighted by Gasteiger charge is -2.08. The predicted octanol–water partition coefficient (Wildman–Crippen LogP) is 3.19. The molecule has 3 aromatic rings. The molecule has 0 spiro atoms. The summed E-state index contributed by atoms with van der Waals surface area (Å²) >= 11 is 0.999. The smallest absolute Gasteiger partial charge is 0.263 e. The van der Waals surface area contributed by atoms with Crippen LogP contribution in [0.3, 0.4) is 0 Å². The molecule has 146 valence electrons. The van der Waals surface area contributed by atoms with Crippen molar-refractivity contribution < 1.29 is 13.2 Å². The van der Waals surface area contributed by atoms with Gasteiger partial charge in [-0.25, -0.2) is 13.4 Å². The van der Waals surface area contributed by atoms with Crippen LogP contribution in [0.5, 0.6) is 0 Å². The Hall–Kier alpha value is -2.78. The predicted molar refractivity (Wildman–Crippen MR) is 109 cm³/mol. The molecule has 0 aliphatic carbocycles. The van der Waals surface area contributed by atoms with E-state index in [1.54, 1.807) is 44.3 Å². The van der Waals surface area contributed by atoms with Gasteiger partial charge in [0.15, 0.2) is 5.13 Å². The molecule has 3 rings (SSSR count). The molecule has 1 aromatic carbocycles. The lowest BCUT2D eigenvalue weighted by molar-refractivity contribution is 0.0953. The molecule has 0 saturated carbocycles. The van der Waals surface area contributed by atoms with Gasteiger partial charge in [-0.15, -0.1) is 0 Å². The van der Waals surface area contributed by atoms with E-state index in [9.17, 15) is 13.2 Å². The van der Waals surface area contributed by atoms with Crippen molar-refractivity contribution in [1.29, 1.82) is 0 Å². The van der Waals surface area contributed by atoms with Crippen LogP contribution in [0.25, 0.3) is 0 Å². The quantitative estimate of drug-likeness (QED) is 0.643. The fourth-order valence-corrected chi connectivity index (χ4v) is 5.02. The second kappa shape index (κ2) is 8.07. The van der Waals surface area contributed by atoms with Crippen molar-refractivity contribution in [3.63, 3.8) is 0 Å². The molecule has 2 N–H and O–H groups in total. The van der Waals surface area contributed by atoms with Crippen LogP contribution in [-0.2, 0) is 16.6 Å². The molecular formula is C19H20N4O3S2. The third-order valence-corrected chi connectivity index (χ3v) is 6.70. The Labute approximate surface area is 167 Å². The first-order valence-corrected chi connectivity index (χ1v) is 10.8. The molecule has 0 unspecified atom stereocenters. The first kappa shape index (κ1) is 20.0. The van der Waals surface area contributed by atoms with Gasteiger partial charge in [0.2, 0.25) is 0 Å². The number of anilines is 1. The number of carbonyl (C=O) groups is 1. The van der Waals surface area contributed by atoms with E-state index in [1.807, 2.05) is 19.1 Å². The van der Waals surface area contributed by atoms with Crippen molar-refractivity contribution in [1.82, 2.24) is 15.3 Å². The summed E-state index contributed by atoms with van der Waals surface area (Å²) in [6.07, 6.45) is 1.65. The molecular weight excluding hydrogens is 396 g/mol. The van der Waals surface area contributed by atoms with Crippen LogP contribution in [0, 0.1) is 20.8 Å². The zero-order valence-electron chi connectivity index (χ0n) is 15.7. The zero-order chi connectivity index (χ0) is 20.3. The van der Waals surface area contributed by atoms with Gasteiger partial charge in [-0.1, -0.05) is 35.1 Å². The molecule has 9 heteroatoms. The van der Waals surface area contributed by atoms with Crippen LogP contribution in [-0.4, -0.2) is 24.3 Å². The van der Waals surface area contributed by atoms with Gasteiger partial charge in [0, 0.05) is 6.20 Å². The van der Waals surface area contributed by atoms with E-state index in [1.165, 1.54) is 0 Å². The molecule has 0 bridgehead atoms. The van der Waals surface area contributed by atoms with E-state index in [0.717, 1.165) is 22.6 Å². The third-order valence-electron chi connectivity index (χ3n) is 4.00. The summed E-state index contributed by atoms with van der Waals surface area (Å²) in [5.41, 5.74) is 2.82. The lowest BCUT2D eigenvalue weighted by atomic mass is 10.2. The molecule has 1 amide bonds.